The molecule has 0 unspecified atom stereocenters. The average Bonchev–Trinajstić information content (AvgIpc) is 2.48. The lowest BCUT2D eigenvalue weighted by atomic mass is 10.2. The SMILES string of the molecule is CNCc1cc(S(=O)(=O)N2CCOCC2)ccc1OC. The summed E-state index contributed by atoms with van der Waals surface area (Å²) in [6.07, 6.45) is 0. The highest BCUT2D eigenvalue weighted by atomic mass is 32.2. The number of benzene rings is 1. The second-order valence-electron chi connectivity index (χ2n) is 4.52. The van der Waals surface area contributed by atoms with Gasteiger partial charge in [-0.25, -0.2) is 8.42 Å². The molecule has 112 valence electrons. The molecule has 1 fully saturated rings. The highest BCUT2D eigenvalue weighted by molar-refractivity contribution is 7.89. The maximum Gasteiger partial charge on any atom is 0.243 e. The number of hydrogen-bond donors (Lipinski definition) is 1. The van der Waals surface area contributed by atoms with Gasteiger partial charge < -0.3 is 14.8 Å². The van der Waals surface area contributed by atoms with Crippen LogP contribution in [0, 0.1) is 0 Å². The highest BCUT2D eigenvalue weighted by Crippen LogP contribution is 2.24. The summed E-state index contributed by atoms with van der Waals surface area (Å²) in [5, 5.41) is 3.01. The van der Waals surface area contributed by atoms with E-state index < -0.39 is 10.0 Å². The van der Waals surface area contributed by atoms with Gasteiger partial charge in [-0.15, -0.1) is 0 Å². The maximum absolute atomic E-state index is 12.6. The van der Waals surface area contributed by atoms with Gasteiger partial charge in [0.15, 0.2) is 0 Å². The fraction of sp³-hybridized carbons (Fsp3) is 0.538. The number of hydrogen-bond acceptors (Lipinski definition) is 5. The Bertz CT molecular complexity index is 553. The van der Waals surface area contributed by atoms with Crippen LogP contribution in [0.25, 0.3) is 0 Å². The molecule has 0 amide bonds. The van der Waals surface area contributed by atoms with E-state index in [1.807, 2.05) is 7.05 Å². The normalized spacial score (nSPS) is 17.1. The molecule has 20 heavy (non-hydrogen) atoms. The van der Waals surface area contributed by atoms with Crippen LogP contribution in [0.3, 0.4) is 0 Å². The quantitative estimate of drug-likeness (QED) is 0.854. The minimum absolute atomic E-state index is 0.297. The molecule has 0 bridgehead atoms. The Morgan fingerprint density at radius 3 is 2.65 bits per heavy atom. The Labute approximate surface area is 119 Å². The number of sulfonamides is 1. The third-order valence-corrected chi connectivity index (χ3v) is 5.12. The zero-order valence-corrected chi connectivity index (χ0v) is 12.6. The van der Waals surface area contributed by atoms with Crippen LogP contribution in [0.5, 0.6) is 5.75 Å². The van der Waals surface area contributed by atoms with Gasteiger partial charge >= 0.3 is 0 Å². The van der Waals surface area contributed by atoms with Crippen LogP contribution in [-0.4, -0.2) is 53.2 Å². The van der Waals surface area contributed by atoms with Crippen molar-refractivity contribution in [2.45, 2.75) is 11.4 Å². The van der Waals surface area contributed by atoms with Crippen molar-refractivity contribution in [2.24, 2.45) is 0 Å². The Morgan fingerprint density at radius 1 is 1.35 bits per heavy atom. The lowest BCUT2D eigenvalue weighted by Crippen LogP contribution is -2.40. The molecule has 1 aromatic carbocycles. The molecule has 0 aromatic heterocycles. The van der Waals surface area contributed by atoms with Crippen LogP contribution in [0.2, 0.25) is 0 Å². The van der Waals surface area contributed by atoms with Crippen LogP contribution in [0.4, 0.5) is 0 Å². The number of nitrogens with zero attached hydrogens (tertiary/aromatic N) is 1. The standard InChI is InChI=1S/C13H20N2O4S/c1-14-10-11-9-12(3-4-13(11)18-2)20(16,17)15-5-7-19-8-6-15/h3-4,9,14H,5-8,10H2,1-2H3. The van der Waals surface area contributed by atoms with Crippen LogP contribution >= 0.6 is 0 Å². The second kappa shape index (κ2) is 6.53. The summed E-state index contributed by atoms with van der Waals surface area (Å²) in [6.45, 7) is 2.23. The smallest absolute Gasteiger partial charge is 0.243 e. The van der Waals surface area contributed by atoms with E-state index in [1.54, 1.807) is 25.3 Å². The van der Waals surface area contributed by atoms with Gasteiger partial charge in [-0.1, -0.05) is 0 Å². The molecule has 1 N–H and O–H groups in total. The third-order valence-electron chi connectivity index (χ3n) is 3.23. The summed E-state index contributed by atoms with van der Waals surface area (Å²) in [5.74, 6) is 0.681. The third kappa shape index (κ3) is 3.12. The molecule has 1 aromatic rings. The van der Waals surface area contributed by atoms with Gasteiger partial charge in [-0.2, -0.15) is 4.31 Å². The fourth-order valence-electron chi connectivity index (χ4n) is 2.18. The first kappa shape index (κ1) is 15.2. The molecule has 1 saturated heterocycles. The van der Waals surface area contributed by atoms with Crippen LogP contribution in [0.15, 0.2) is 23.1 Å². The number of morpholine rings is 1. The molecular weight excluding hydrogens is 280 g/mol. The number of rotatable bonds is 5. The zero-order valence-electron chi connectivity index (χ0n) is 11.8. The molecule has 0 spiro atoms. The molecule has 0 saturated carbocycles. The number of methoxy groups -OCH3 is 1. The Balaban J connectivity index is 2.33. The molecule has 0 aliphatic carbocycles. The van der Waals surface area contributed by atoms with E-state index in [-0.39, 0.29) is 0 Å². The van der Waals surface area contributed by atoms with Gasteiger partial charge in [0.25, 0.3) is 0 Å². The molecule has 7 heteroatoms. The Morgan fingerprint density at radius 2 is 2.05 bits per heavy atom. The molecule has 1 aliphatic rings. The number of nitrogens with one attached hydrogen (secondary N) is 1. The predicted molar refractivity (Wildman–Crippen MR) is 75.3 cm³/mol. The van der Waals surface area contributed by atoms with Crippen molar-refractivity contribution < 1.29 is 17.9 Å². The van der Waals surface area contributed by atoms with Gasteiger partial charge in [-0.3, -0.25) is 0 Å². The Kier molecular flexibility index (Phi) is 4.98. The zero-order chi connectivity index (χ0) is 14.6. The van der Waals surface area contributed by atoms with Crippen molar-refractivity contribution in [1.29, 1.82) is 0 Å². The molecule has 1 aliphatic heterocycles. The maximum atomic E-state index is 12.6. The summed E-state index contributed by atoms with van der Waals surface area (Å²) in [6, 6.07) is 4.95. The lowest BCUT2D eigenvalue weighted by molar-refractivity contribution is 0.0730. The molecule has 6 nitrogen and oxygen atoms in total. The summed E-state index contributed by atoms with van der Waals surface area (Å²) in [5.41, 5.74) is 0.823. The predicted octanol–water partition coefficient (Wildman–Crippen LogP) is 0.436. The minimum atomic E-state index is -3.46. The van der Waals surface area contributed by atoms with Gasteiger partial charge in [-0.05, 0) is 25.2 Å². The van der Waals surface area contributed by atoms with Crippen molar-refractivity contribution in [3.8, 4) is 5.75 Å². The van der Waals surface area contributed by atoms with Crippen LogP contribution < -0.4 is 10.1 Å². The fourth-order valence-corrected chi connectivity index (χ4v) is 3.64. The van der Waals surface area contributed by atoms with E-state index >= 15 is 0 Å². The topological polar surface area (TPSA) is 67.9 Å². The van der Waals surface area contributed by atoms with Gasteiger partial charge in [0.1, 0.15) is 5.75 Å². The molecular formula is C13H20N2O4S. The van der Waals surface area contributed by atoms with Gasteiger partial charge in [0, 0.05) is 25.2 Å². The second-order valence-corrected chi connectivity index (χ2v) is 6.46. The highest BCUT2D eigenvalue weighted by Gasteiger charge is 2.26. The van der Waals surface area contributed by atoms with Crippen molar-refractivity contribution in [3.63, 3.8) is 0 Å². The monoisotopic (exact) mass is 300 g/mol. The summed E-state index contributed by atoms with van der Waals surface area (Å²) in [7, 11) is -0.0757. The van der Waals surface area contributed by atoms with Crippen molar-refractivity contribution in [3.05, 3.63) is 23.8 Å². The summed E-state index contributed by atoms with van der Waals surface area (Å²) >= 11 is 0. The first-order valence-corrected chi connectivity index (χ1v) is 7.93. The van der Waals surface area contributed by atoms with Crippen molar-refractivity contribution in [1.82, 2.24) is 9.62 Å². The van der Waals surface area contributed by atoms with E-state index in [2.05, 4.69) is 5.32 Å². The van der Waals surface area contributed by atoms with Gasteiger partial charge in [0.05, 0.1) is 25.2 Å². The van der Waals surface area contributed by atoms with E-state index in [9.17, 15) is 8.42 Å². The van der Waals surface area contributed by atoms with E-state index in [4.69, 9.17) is 9.47 Å². The van der Waals surface area contributed by atoms with Gasteiger partial charge in [0.2, 0.25) is 10.0 Å². The molecule has 2 rings (SSSR count). The first-order valence-electron chi connectivity index (χ1n) is 6.49. The summed E-state index contributed by atoms with van der Waals surface area (Å²) < 4.78 is 37.0. The Hall–Kier alpha value is -1.15. The van der Waals surface area contributed by atoms with Crippen molar-refractivity contribution >= 4 is 10.0 Å². The lowest BCUT2D eigenvalue weighted by Gasteiger charge is -2.26. The molecule has 0 atom stereocenters. The van der Waals surface area contributed by atoms with E-state index in [0.717, 1.165) is 5.56 Å². The molecule has 1 heterocycles. The molecule has 0 radical (unpaired) electrons. The average molecular weight is 300 g/mol. The minimum Gasteiger partial charge on any atom is -0.496 e. The largest absolute Gasteiger partial charge is 0.496 e. The van der Waals surface area contributed by atoms with Crippen molar-refractivity contribution in [2.75, 3.05) is 40.5 Å². The first-order chi connectivity index (χ1) is 9.59. The van der Waals surface area contributed by atoms with E-state index in [0.29, 0.717) is 43.5 Å². The van der Waals surface area contributed by atoms with Crippen LogP contribution in [0.1, 0.15) is 5.56 Å². The van der Waals surface area contributed by atoms with Crippen LogP contribution in [-0.2, 0) is 21.3 Å². The summed E-state index contributed by atoms with van der Waals surface area (Å²) in [4.78, 5) is 0.297. The number of ether oxygens (including phenoxy) is 2. The van der Waals surface area contributed by atoms with E-state index in [1.165, 1.54) is 4.31 Å².